The van der Waals surface area contributed by atoms with Crippen LogP contribution in [-0.4, -0.2) is 19.4 Å². The predicted molar refractivity (Wildman–Crippen MR) is 58.0 cm³/mol. The first kappa shape index (κ1) is 10.1. The maximum Gasteiger partial charge on any atom is 0.333 e. The number of hydrogen-bond donors (Lipinski definition) is 0. The summed E-state index contributed by atoms with van der Waals surface area (Å²) in [5, 5.41) is 0. The van der Waals surface area contributed by atoms with Gasteiger partial charge in [-0.15, -0.1) is 11.3 Å². The number of ether oxygens (including phenoxy) is 1. The van der Waals surface area contributed by atoms with Crippen LogP contribution in [0.15, 0.2) is 11.6 Å². The third-order valence-electron chi connectivity index (χ3n) is 2.39. The normalized spacial score (nSPS) is 14.1. The SMILES string of the molecule is COC(=O)C1=Cc2sc(C=O)cc2CC1. The lowest BCUT2D eigenvalue weighted by atomic mass is 9.98. The van der Waals surface area contributed by atoms with Gasteiger partial charge in [-0.3, -0.25) is 4.79 Å². The van der Waals surface area contributed by atoms with Crippen LogP contribution < -0.4 is 0 Å². The Balaban J connectivity index is 2.35. The molecule has 0 fully saturated rings. The van der Waals surface area contributed by atoms with Gasteiger partial charge in [-0.05, 0) is 30.5 Å². The van der Waals surface area contributed by atoms with Crippen molar-refractivity contribution < 1.29 is 14.3 Å². The van der Waals surface area contributed by atoms with E-state index in [-0.39, 0.29) is 5.97 Å². The number of carbonyl (C=O) groups is 2. The van der Waals surface area contributed by atoms with E-state index in [2.05, 4.69) is 4.74 Å². The molecule has 0 spiro atoms. The lowest BCUT2D eigenvalue weighted by molar-refractivity contribution is -0.136. The largest absolute Gasteiger partial charge is 0.466 e. The molecule has 15 heavy (non-hydrogen) atoms. The van der Waals surface area contributed by atoms with Gasteiger partial charge in [-0.2, -0.15) is 0 Å². The minimum atomic E-state index is -0.276. The third-order valence-corrected chi connectivity index (χ3v) is 3.44. The van der Waals surface area contributed by atoms with Crippen molar-refractivity contribution in [1.29, 1.82) is 0 Å². The van der Waals surface area contributed by atoms with Crippen LogP contribution in [0, 0.1) is 0 Å². The molecule has 1 aromatic rings. The highest BCUT2D eigenvalue weighted by molar-refractivity contribution is 7.14. The van der Waals surface area contributed by atoms with Crippen LogP contribution in [0.3, 0.4) is 0 Å². The van der Waals surface area contributed by atoms with Crippen molar-refractivity contribution in [2.45, 2.75) is 12.8 Å². The van der Waals surface area contributed by atoms with E-state index < -0.39 is 0 Å². The van der Waals surface area contributed by atoms with E-state index in [0.29, 0.717) is 16.9 Å². The molecule has 1 aliphatic rings. The zero-order chi connectivity index (χ0) is 10.8. The molecule has 1 heterocycles. The zero-order valence-electron chi connectivity index (χ0n) is 8.28. The Morgan fingerprint density at radius 3 is 3.00 bits per heavy atom. The van der Waals surface area contributed by atoms with E-state index in [0.717, 1.165) is 23.1 Å². The molecular weight excluding hydrogens is 212 g/mol. The number of fused-ring (bicyclic) bond motifs is 1. The highest BCUT2D eigenvalue weighted by atomic mass is 32.1. The van der Waals surface area contributed by atoms with Crippen LogP contribution in [0.2, 0.25) is 0 Å². The van der Waals surface area contributed by atoms with Gasteiger partial charge >= 0.3 is 5.97 Å². The number of methoxy groups -OCH3 is 1. The molecule has 3 nitrogen and oxygen atoms in total. The second-order valence-corrected chi connectivity index (χ2v) is 4.43. The summed E-state index contributed by atoms with van der Waals surface area (Å²) < 4.78 is 4.67. The van der Waals surface area contributed by atoms with Crippen molar-refractivity contribution in [3.8, 4) is 0 Å². The van der Waals surface area contributed by atoms with E-state index in [1.807, 2.05) is 12.1 Å². The monoisotopic (exact) mass is 222 g/mol. The lowest BCUT2D eigenvalue weighted by Gasteiger charge is -2.10. The van der Waals surface area contributed by atoms with Gasteiger partial charge in [0.05, 0.1) is 12.0 Å². The second kappa shape index (κ2) is 3.98. The molecule has 78 valence electrons. The third kappa shape index (κ3) is 1.85. The smallest absolute Gasteiger partial charge is 0.333 e. The van der Waals surface area contributed by atoms with Crippen LogP contribution in [0.1, 0.15) is 26.5 Å². The molecular formula is C11H10O3S. The number of rotatable bonds is 2. The van der Waals surface area contributed by atoms with Crippen molar-refractivity contribution in [1.82, 2.24) is 0 Å². The van der Waals surface area contributed by atoms with E-state index in [1.54, 1.807) is 0 Å². The fourth-order valence-electron chi connectivity index (χ4n) is 1.63. The summed E-state index contributed by atoms with van der Waals surface area (Å²) in [6, 6.07) is 1.89. The van der Waals surface area contributed by atoms with Crippen LogP contribution in [0.25, 0.3) is 6.08 Å². The Morgan fingerprint density at radius 1 is 1.53 bits per heavy atom. The molecule has 0 aromatic carbocycles. The summed E-state index contributed by atoms with van der Waals surface area (Å²) in [4.78, 5) is 23.6. The van der Waals surface area contributed by atoms with Crippen molar-refractivity contribution in [2.75, 3.05) is 7.11 Å². The Morgan fingerprint density at radius 2 is 2.33 bits per heavy atom. The van der Waals surface area contributed by atoms with Crippen LogP contribution in [0.5, 0.6) is 0 Å². The predicted octanol–water partition coefficient (Wildman–Crippen LogP) is 2.06. The molecule has 1 aliphatic carbocycles. The first-order chi connectivity index (χ1) is 7.24. The first-order valence-electron chi connectivity index (χ1n) is 4.61. The summed E-state index contributed by atoms with van der Waals surface area (Å²) in [5.74, 6) is -0.276. The van der Waals surface area contributed by atoms with Crippen LogP contribution in [-0.2, 0) is 16.0 Å². The first-order valence-corrected chi connectivity index (χ1v) is 5.43. The summed E-state index contributed by atoms with van der Waals surface area (Å²) in [6.07, 6.45) is 4.16. The summed E-state index contributed by atoms with van der Waals surface area (Å²) in [5.41, 5.74) is 1.83. The average Bonchev–Trinajstić information content (AvgIpc) is 2.69. The highest BCUT2D eigenvalue weighted by Crippen LogP contribution is 2.30. The minimum absolute atomic E-state index is 0.276. The van der Waals surface area contributed by atoms with Gasteiger partial charge in [0.15, 0.2) is 6.29 Å². The number of aryl methyl sites for hydroxylation is 1. The number of carbonyl (C=O) groups excluding carboxylic acids is 2. The Kier molecular flexibility index (Phi) is 2.68. The number of esters is 1. The standard InChI is InChI=1S/C11H10O3S/c1-14-11(13)8-3-2-7-4-9(6-12)15-10(7)5-8/h4-6H,2-3H2,1H3. The highest BCUT2D eigenvalue weighted by Gasteiger charge is 2.18. The zero-order valence-corrected chi connectivity index (χ0v) is 9.10. The molecule has 0 atom stereocenters. The van der Waals surface area contributed by atoms with Crippen LogP contribution >= 0.6 is 11.3 Å². The van der Waals surface area contributed by atoms with Crippen molar-refractivity contribution in [3.05, 3.63) is 27.0 Å². The molecule has 1 aromatic heterocycles. The molecule has 0 bridgehead atoms. The summed E-state index contributed by atoms with van der Waals surface area (Å²) in [7, 11) is 1.38. The maximum absolute atomic E-state index is 11.3. The van der Waals surface area contributed by atoms with Gasteiger partial charge in [-0.1, -0.05) is 0 Å². The van der Waals surface area contributed by atoms with E-state index in [4.69, 9.17) is 0 Å². The fraction of sp³-hybridized carbons (Fsp3) is 0.273. The fourth-order valence-corrected chi connectivity index (χ4v) is 2.63. The molecule has 0 radical (unpaired) electrons. The molecule has 4 heteroatoms. The molecule has 0 saturated carbocycles. The van der Waals surface area contributed by atoms with Crippen molar-refractivity contribution in [3.63, 3.8) is 0 Å². The lowest BCUT2D eigenvalue weighted by Crippen LogP contribution is -2.08. The number of hydrogen-bond acceptors (Lipinski definition) is 4. The van der Waals surface area contributed by atoms with Gasteiger partial charge in [-0.25, -0.2) is 4.79 Å². The molecule has 2 rings (SSSR count). The summed E-state index contributed by atoms with van der Waals surface area (Å²) in [6.45, 7) is 0. The minimum Gasteiger partial charge on any atom is -0.466 e. The number of thiophene rings is 1. The van der Waals surface area contributed by atoms with Crippen molar-refractivity contribution in [2.24, 2.45) is 0 Å². The van der Waals surface area contributed by atoms with Gasteiger partial charge in [0, 0.05) is 10.5 Å². The quantitative estimate of drug-likeness (QED) is 0.568. The van der Waals surface area contributed by atoms with Crippen LogP contribution in [0.4, 0.5) is 0 Å². The molecule has 0 aliphatic heterocycles. The van der Waals surface area contributed by atoms with Gasteiger partial charge < -0.3 is 4.74 Å². The van der Waals surface area contributed by atoms with E-state index in [1.165, 1.54) is 18.4 Å². The molecule has 0 unspecified atom stereocenters. The summed E-state index contributed by atoms with van der Waals surface area (Å²) >= 11 is 1.41. The van der Waals surface area contributed by atoms with E-state index >= 15 is 0 Å². The molecule has 0 N–H and O–H groups in total. The van der Waals surface area contributed by atoms with Crippen molar-refractivity contribution >= 4 is 29.7 Å². The maximum atomic E-state index is 11.3. The van der Waals surface area contributed by atoms with Gasteiger partial charge in [0.2, 0.25) is 0 Å². The number of aldehydes is 1. The Hall–Kier alpha value is -1.42. The van der Waals surface area contributed by atoms with E-state index in [9.17, 15) is 9.59 Å². The topological polar surface area (TPSA) is 43.4 Å². The molecule has 0 saturated heterocycles. The second-order valence-electron chi connectivity index (χ2n) is 3.32. The van der Waals surface area contributed by atoms with Gasteiger partial charge in [0.25, 0.3) is 0 Å². The average molecular weight is 222 g/mol. The Bertz CT molecular complexity index is 443. The molecule has 0 amide bonds. The Labute approximate surface area is 91.4 Å². The van der Waals surface area contributed by atoms with Gasteiger partial charge in [0.1, 0.15) is 0 Å².